The molecule has 0 aliphatic carbocycles. The third-order valence-corrected chi connectivity index (χ3v) is 4.58. The Kier molecular flexibility index (Phi) is 6.87. The van der Waals surface area contributed by atoms with Crippen molar-refractivity contribution in [3.8, 4) is 16.9 Å². The summed E-state index contributed by atoms with van der Waals surface area (Å²) < 4.78 is 5.27. The number of carbonyl (C=O) groups is 1. The van der Waals surface area contributed by atoms with E-state index in [1.807, 2.05) is 42.5 Å². The Morgan fingerprint density at radius 3 is 2.34 bits per heavy atom. The van der Waals surface area contributed by atoms with Crippen molar-refractivity contribution < 1.29 is 9.53 Å². The van der Waals surface area contributed by atoms with Crippen LogP contribution in [0.2, 0.25) is 0 Å². The lowest BCUT2D eigenvalue weighted by Gasteiger charge is -2.14. The zero-order valence-electron chi connectivity index (χ0n) is 17.1. The Bertz CT molecular complexity index is 952. The van der Waals surface area contributed by atoms with Gasteiger partial charge in [-0.25, -0.2) is 4.79 Å². The minimum atomic E-state index is -0.273. The lowest BCUT2D eigenvalue weighted by atomic mass is 9.98. The van der Waals surface area contributed by atoms with E-state index in [2.05, 4.69) is 60.0 Å². The van der Waals surface area contributed by atoms with E-state index in [9.17, 15) is 4.79 Å². The van der Waals surface area contributed by atoms with Crippen molar-refractivity contribution in [1.82, 2.24) is 10.2 Å². The highest BCUT2D eigenvalue weighted by Crippen LogP contribution is 2.25. The minimum absolute atomic E-state index is 0.273. The van der Waals surface area contributed by atoms with Crippen LogP contribution < -0.4 is 15.4 Å². The van der Waals surface area contributed by atoms with Crippen molar-refractivity contribution >= 4 is 11.7 Å². The van der Waals surface area contributed by atoms with E-state index in [4.69, 9.17) is 4.74 Å². The van der Waals surface area contributed by atoms with Gasteiger partial charge in [-0.05, 0) is 48.5 Å². The van der Waals surface area contributed by atoms with Crippen molar-refractivity contribution in [2.45, 2.75) is 13.1 Å². The van der Waals surface area contributed by atoms with Gasteiger partial charge in [-0.2, -0.15) is 0 Å². The van der Waals surface area contributed by atoms with Gasteiger partial charge in [0.1, 0.15) is 5.75 Å². The Morgan fingerprint density at radius 2 is 1.62 bits per heavy atom. The third kappa shape index (κ3) is 5.59. The summed E-state index contributed by atoms with van der Waals surface area (Å²) in [7, 11) is 5.70. The van der Waals surface area contributed by atoms with Crippen molar-refractivity contribution in [2.24, 2.45) is 0 Å². The lowest BCUT2D eigenvalue weighted by Crippen LogP contribution is -2.28. The number of ether oxygens (including phenoxy) is 1. The number of hydrogen-bond donors (Lipinski definition) is 2. The van der Waals surface area contributed by atoms with E-state index in [1.165, 1.54) is 5.56 Å². The third-order valence-electron chi connectivity index (χ3n) is 4.58. The second-order valence-corrected chi connectivity index (χ2v) is 7.10. The molecule has 0 aliphatic heterocycles. The normalized spacial score (nSPS) is 10.6. The number of methoxy groups -OCH3 is 1. The molecule has 5 heteroatoms. The summed E-state index contributed by atoms with van der Waals surface area (Å²) in [6.45, 7) is 1.34. The first-order valence-electron chi connectivity index (χ1n) is 9.56. The Labute approximate surface area is 172 Å². The van der Waals surface area contributed by atoms with E-state index < -0.39 is 0 Å². The molecule has 0 radical (unpaired) electrons. The second-order valence-electron chi connectivity index (χ2n) is 7.10. The molecule has 0 heterocycles. The maximum atomic E-state index is 12.4. The van der Waals surface area contributed by atoms with Gasteiger partial charge in [-0.15, -0.1) is 0 Å². The molecule has 3 aromatic rings. The number of nitrogens with zero attached hydrogens (tertiary/aromatic N) is 1. The molecule has 3 rings (SSSR count). The van der Waals surface area contributed by atoms with E-state index in [0.29, 0.717) is 18.0 Å². The molecule has 0 aliphatic rings. The molecule has 0 fully saturated rings. The van der Waals surface area contributed by atoms with Gasteiger partial charge in [0.25, 0.3) is 0 Å². The van der Waals surface area contributed by atoms with Gasteiger partial charge in [-0.1, -0.05) is 60.7 Å². The molecule has 0 aromatic heterocycles. The Morgan fingerprint density at radius 1 is 0.931 bits per heavy atom. The first kappa shape index (κ1) is 20.4. The molecular weight excluding hydrogens is 362 g/mol. The topological polar surface area (TPSA) is 53.6 Å². The zero-order chi connectivity index (χ0) is 20.6. The van der Waals surface area contributed by atoms with Gasteiger partial charge in [0.15, 0.2) is 0 Å². The number of carbonyl (C=O) groups excluding carboxylic acids is 1. The zero-order valence-corrected chi connectivity index (χ0v) is 17.1. The van der Waals surface area contributed by atoms with Crippen LogP contribution in [-0.4, -0.2) is 32.1 Å². The van der Waals surface area contributed by atoms with Gasteiger partial charge in [0.2, 0.25) is 0 Å². The van der Waals surface area contributed by atoms with Crippen LogP contribution in [0.3, 0.4) is 0 Å². The average molecular weight is 389 g/mol. The fourth-order valence-corrected chi connectivity index (χ4v) is 3.20. The molecule has 0 saturated carbocycles. The van der Waals surface area contributed by atoms with Crippen molar-refractivity contribution in [1.29, 1.82) is 0 Å². The van der Waals surface area contributed by atoms with Crippen LogP contribution in [0.5, 0.6) is 5.75 Å². The summed E-state index contributed by atoms with van der Waals surface area (Å²) in [6.07, 6.45) is 0. The second kappa shape index (κ2) is 9.75. The van der Waals surface area contributed by atoms with Crippen LogP contribution in [0.15, 0.2) is 72.8 Å². The number of benzene rings is 3. The Balaban J connectivity index is 1.68. The lowest BCUT2D eigenvalue weighted by molar-refractivity contribution is 0.251. The number of anilines is 1. The fourth-order valence-electron chi connectivity index (χ4n) is 3.20. The standard InChI is InChI=1S/C24H27N3O2/c1-27(2)17-18-12-14-19(15-13-18)21-9-5-4-8-20(21)16-25-24(28)26-22-10-6-7-11-23(22)29-3/h4-15H,16-17H2,1-3H3,(H2,25,26,28). The molecule has 2 amide bonds. The van der Waals surface area contributed by atoms with E-state index >= 15 is 0 Å². The smallest absolute Gasteiger partial charge is 0.319 e. The predicted molar refractivity (Wildman–Crippen MR) is 118 cm³/mol. The molecule has 0 atom stereocenters. The number of nitrogens with one attached hydrogen (secondary N) is 2. The van der Waals surface area contributed by atoms with Crippen LogP contribution in [0, 0.1) is 0 Å². The first-order valence-corrected chi connectivity index (χ1v) is 9.56. The maximum Gasteiger partial charge on any atom is 0.319 e. The van der Waals surface area contributed by atoms with Crippen LogP contribution in [0.4, 0.5) is 10.5 Å². The summed E-state index contributed by atoms with van der Waals surface area (Å²) >= 11 is 0. The summed E-state index contributed by atoms with van der Waals surface area (Å²) in [6, 6.07) is 23.7. The number of urea groups is 1. The van der Waals surface area contributed by atoms with Crippen molar-refractivity contribution in [3.05, 3.63) is 83.9 Å². The van der Waals surface area contributed by atoms with Crippen LogP contribution in [-0.2, 0) is 13.1 Å². The van der Waals surface area contributed by atoms with Gasteiger partial charge in [0.05, 0.1) is 12.8 Å². The molecule has 3 aromatic carbocycles. The highest BCUT2D eigenvalue weighted by Gasteiger charge is 2.09. The van der Waals surface area contributed by atoms with Crippen LogP contribution in [0.1, 0.15) is 11.1 Å². The number of amides is 2. The summed E-state index contributed by atoms with van der Waals surface area (Å²) in [5.41, 5.74) is 5.21. The molecule has 0 spiro atoms. The minimum Gasteiger partial charge on any atom is -0.495 e. The van der Waals surface area contributed by atoms with Crippen molar-refractivity contribution in [3.63, 3.8) is 0 Å². The summed E-state index contributed by atoms with van der Waals surface area (Å²) in [5, 5.41) is 5.77. The fraction of sp³-hybridized carbons (Fsp3) is 0.208. The molecular formula is C24H27N3O2. The highest BCUT2D eigenvalue weighted by atomic mass is 16.5. The van der Waals surface area contributed by atoms with Gasteiger partial charge in [-0.3, -0.25) is 0 Å². The maximum absolute atomic E-state index is 12.4. The van der Waals surface area contributed by atoms with Gasteiger partial charge >= 0.3 is 6.03 Å². The van der Waals surface area contributed by atoms with Crippen molar-refractivity contribution in [2.75, 3.05) is 26.5 Å². The SMILES string of the molecule is COc1ccccc1NC(=O)NCc1ccccc1-c1ccc(CN(C)C)cc1. The average Bonchev–Trinajstić information content (AvgIpc) is 2.73. The number of para-hydroxylation sites is 2. The first-order chi connectivity index (χ1) is 14.1. The van der Waals surface area contributed by atoms with E-state index in [-0.39, 0.29) is 6.03 Å². The quantitative estimate of drug-likeness (QED) is 0.613. The molecule has 29 heavy (non-hydrogen) atoms. The largest absolute Gasteiger partial charge is 0.495 e. The highest BCUT2D eigenvalue weighted by molar-refractivity contribution is 5.91. The summed E-state index contributed by atoms with van der Waals surface area (Å²) in [4.78, 5) is 14.5. The number of rotatable bonds is 7. The predicted octanol–water partition coefficient (Wildman–Crippen LogP) is 4.75. The molecule has 0 unspecified atom stereocenters. The molecule has 150 valence electrons. The monoisotopic (exact) mass is 389 g/mol. The Hall–Kier alpha value is -3.31. The van der Waals surface area contributed by atoms with E-state index in [0.717, 1.165) is 23.2 Å². The molecule has 5 nitrogen and oxygen atoms in total. The number of hydrogen-bond acceptors (Lipinski definition) is 3. The van der Waals surface area contributed by atoms with Crippen LogP contribution >= 0.6 is 0 Å². The molecule has 0 saturated heterocycles. The van der Waals surface area contributed by atoms with E-state index in [1.54, 1.807) is 7.11 Å². The van der Waals surface area contributed by atoms with Crippen LogP contribution in [0.25, 0.3) is 11.1 Å². The molecule has 0 bridgehead atoms. The molecule has 2 N–H and O–H groups in total. The summed E-state index contributed by atoms with van der Waals surface area (Å²) in [5.74, 6) is 0.626. The van der Waals surface area contributed by atoms with Gasteiger partial charge in [0, 0.05) is 13.1 Å². The van der Waals surface area contributed by atoms with Gasteiger partial charge < -0.3 is 20.3 Å².